The van der Waals surface area contributed by atoms with E-state index in [4.69, 9.17) is 0 Å². The Labute approximate surface area is 182 Å². The van der Waals surface area contributed by atoms with Gasteiger partial charge in [-0.3, -0.25) is 9.78 Å². The van der Waals surface area contributed by atoms with Gasteiger partial charge in [0.1, 0.15) is 0 Å². The fourth-order valence-electron chi connectivity index (χ4n) is 3.59. The Hall–Kier alpha value is -4.23. The molecular weight excluding hydrogens is 382 g/mol. The van der Waals surface area contributed by atoms with Crippen LogP contribution in [0.3, 0.4) is 0 Å². The first-order chi connectivity index (χ1) is 15.2. The first kappa shape index (κ1) is 20.1. The van der Waals surface area contributed by atoms with Crippen molar-refractivity contribution in [3.8, 4) is 17.2 Å². The van der Waals surface area contributed by atoms with Gasteiger partial charge >= 0.3 is 0 Å². The number of anilines is 1. The van der Waals surface area contributed by atoms with E-state index in [0.29, 0.717) is 17.7 Å². The number of nitrogens with zero attached hydrogens (tertiary/aromatic N) is 3. The first-order valence-electron chi connectivity index (χ1n) is 10.0. The minimum atomic E-state index is -0.107. The third kappa shape index (κ3) is 4.36. The van der Waals surface area contributed by atoms with Crippen LogP contribution in [0.15, 0.2) is 97.3 Å². The highest BCUT2D eigenvalue weighted by atomic mass is 16.2. The number of amides is 1. The molecule has 1 aromatic heterocycles. The molecule has 4 aromatic rings. The lowest BCUT2D eigenvalue weighted by Crippen LogP contribution is -2.30. The van der Waals surface area contributed by atoms with E-state index in [2.05, 4.69) is 11.1 Å². The molecule has 4 nitrogen and oxygen atoms in total. The number of pyridine rings is 1. The zero-order valence-electron chi connectivity index (χ0n) is 17.2. The molecule has 31 heavy (non-hydrogen) atoms. The van der Waals surface area contributed by atoms with Gasteiger partial charge in [-0.15, -0.1) is 0 Å². The molecule has 3 aromatic carbocycles. The molecule has 0 radical (unpaired) electrons. The van der Waals surface area contributed by atoms with Gasteiger partial charge in [0.15, 0.2) is 0 Å². The van der Waals surface area contributed by atoms with Crippen LogP contribution in [0, 0.1) is 18.3 Å². The van der Waals surface area contributed by atoms with E-state index in [0.717, 1.165) is 27.9 Å². The Balaban J connectivity index is 1.83. The Morgan fingerprint density at radius 2 is 1.71 bits per heavy atom. The third-order valence-electron chi connectivity index (χ3n) is 5.20. The number of carbonyl (C=O) groups is 1. The maximum Gasteiger partial charge on any atom is 0.258 e. The molecular formula is C27H21N3O. The zero-order valence-corrected chi connectivity index (χ0v) is 17.2. The smallest absolute Gasteiger partial charge is 0.258 e. The highest BCUT2D eigenvalue weighted by Gasteiger charge is 2.20. The SMILES string of the molecule is Cc1ccccc1-c1cc(N(Cc2cccnc2)C(=O)c2ccccc2)ccc1C#N. The second-order valence-electron chi connectivity index (χ2n) is 7.28. The van der Waals surface area contributed by atoms with E-state index in [-0.39, 0.29) is 5.91 Å². The summed E-state index contributed by atoms with van der Waals surface area (Å²) in [5.74, 6) is -0.107. The van der Waals surface area contributed by atoms with E-state index in [1.807, 2.05) is 85.8 Å². The van der Waals surface area contributed by atoms with Crippen LogP contribution in [0.4, 0.5) is 5.69 Å². The first-order valence-corrected chi connectivity index (χ1v) is 10.0. The van der Waals surface area contributed by atoms with Crippen LogP contribution in [0.5, 0.6) is 0 Å². The van der Waals surface area contributed by atoms with E-state index in [9.17, 15) is 10.1 Å². The summed E-state index contributed by atoms with van der Waals surface area (Å²) >= 11 is 0. The monoisotopic (exact) mass is 403 g/mol. The van der Waals surface area contributed by atoms with E-state index in [1.165, 1.54) is 0 Å². The molecule has 0 bridgehead atoms. The number of hydrogen-bond acceptors (Lipinski definition) is 3. The average Bonchev–Trinajstić information content (AvgIpc) is 2.83. The lowest BCUT2D eigenvalue weighted by Gasteiger charge is -2.24. The molecule has 4 heteroatoms. The van der Waals surface area contributed by atoms with Gasteiger partial charge < -0.3 is 4.90 Å². The summed E-state index contributed by atoms with van der Waals surface area (Å²) in [6.45, 7) is 2.40. The van der Waals surface area contributed by atoms with Crippen molar-refractivity contribution < 1.29 is 4.79 Å². The fraction of sp³-hybridized carbons (Fsp3) is 0.0741. The van der Waals surface area contributed by atoms with Gasteiger partial charge in [-0.2, -0.15) is 5.26 Å². The maximum atomic E-state index is 13.5. The Bertz CT molecular complexity index is 1240. The summed E-state index contributed by atoms with van der Waals surface area (Å²) in [6, 6.07) is 28.8. The number of benzene rings is 3. The highest BCUT2D eigenvalue weighted by Crippen LogP contribution is 2.31. The molecule has 4 rings (SSSR count). The van der Waals surface area contributed by atoms with E-state index < -0.39 is 0 Å². The summed E-state index contributed by atoms with van der Waals surface area (Å²) in [6.07, 6.45) is 3.47. The summed E-state index contributed by atoms with van der Waals surface area (Å²) < 4.78 is 0. The molecule has 0 atom stereocenters. The van der Waals surface area contributed by atoms with E-state index >= 15 is 0 Å². The van der Waals surface area contributed by atoms with Crippen molar-refractivity contribution in [3.63, 3.8) is 0 Å². The van der Waals surface area contributed by atoms with Crippen molar-refractivity contribution in [1.82, 2.24) is 4.98 Å². The summed E-state index contributed by atoms with van der Waals surface area (Å²) in [4.78, 5) is 19.4. The number of rotatable bonds is 5. The van der Waals surface area contributed by atoms with Gasteiger partial charge in [-0.05, 0) is 60.0 Å². The van der Waals surface area contributed by atoms with E-state index in [1.54, 1.807) is 23.4 Å². The fourth-order valence-corrected chi connectivity index (χ4v) is 3.59. The Kier molecular flexibility index (Phi) is 5.86. The van der Waals surface area contributed by atoms with Crippen molar-refractivity contribution in [2.24, 2.45) is 0 Å². The molecule has 0 unspecified atom stereocenters. The van der Waals surface area contributed by atoms with Gasteiger partial charge in [-0.1, -0.05) is 48.5 Å². The number of hydrogen-bond donors (Lipinski definition) is 0. The lowest BCUT2D eigenvalue weighted by molar-refractivity contribution is 0.0985. The predicted octanol–water partition coefficient (Wildman–Crippen LogP) is 5.78. The molecule has 0 N–H and O–H groups in total. The van der Waals surface area contributed by atoms with Crippen molar-refractivity contribution >= 4 is 11.6 Å². The molecule has 0 spiro atoms. The topological polar surface area (TPSA) is 57.0 Å². The largest absolute Gasteiger partial charge is 0.304 e. The molecule has 0 saturated carbocycles. The van der Waals surface area contributed by atoms with Crippen LogP contribution in [0.25, 0.3) is 11.1 Å². The lowest BCUT2D eigenvalue weighted by atomic mass is 9.95. The number of nitriles is 1. The molecule has 1 heterocycles. The minimum Gasteiger partial charge on any atom is -0.304 e. The molecule has 0 saturated heterocycles. The third-order valence-corrected chi connectivity index (χ3v) is 5.20. The van der Waals surface area contributed by atoms with Gasteiger partial charge in [0.2, 0.25) is 0 Å². The number of carbonyl (C=O) groups excluding carboxylic acids is 1. The van der Waals surface area contributed by atoms with Crippen LogP contribution >= 0.6 is 0 Å². The minimum absolute atomic E-state index is 0.107. The second kappa shape index (κ2) is 9.06. The molecule has 0 aliphatic rings. The van der Waals surface area contributed by atoms with Crippen LogP contribution in [0.2, 0.25) is 0 Å². The molecule has 0 aliphatic carbocycles. The van der Waals surface area contributed by atoms with Crippen molar-refractivity contribution in [2.75, 3.05) is 4.90 Å². The van der Waals surface area contributed by atoms with Crippen LogP contribution in [-0.4, -0.2) is 10.9 Å². The predicted molar refractivity (Wildman–Crippen MR) is 123 cm³/mol. The Morgan fingerprint density at radius 1 is 0.935 bits per heavy atom. The summed E-state index contributed by atoms with van der Waals surface area (Å²) in [7, 11) is 0. The number of aromatic nitrogens is 1. The Morgan fingerprint density at radius 3 is 2.42 bits per heavy atom. The average molecular weight is 403 g/mol. The van der Waals surface area contributed by atoms with Crippen LogP contribution < -0.4 is 4.90 Å². The van der Waals surface area contributed by atoms with Gasteiger partial charge in [0, 0.05) is 29.2 Å². The van der Waals surface area contributed by atoms with Gasteiger partial charge in [0.05, 0.1) is 18.2 Å². The normalized spacial score (nSPS) is 10.3. The van der Waals surface area contributed by atoms with Crippen molar-refractivity contribution in [2.45, 2.75) is 13.5 Å². The molecule has 0 fully saturated rings. The van der Waals surface area contributed by atoms with Gasteiger partial charge in [0.25, 0.3) is 5.91 Å². The van der Waals surface area contributed by atoms with Crippen LogP contribution in [-0.2, 0) is 6.54 Å². The second-order valence-corrected chi connectivity index (χ2v) is 7.28. The maximum absolute atomic E-state index is 13.5. The summed E-state index contributed by atoms with van der Waals surface area (Å²) in [5, 5.41) is 9.68. The van der Waals surface area contributed by atoms with Crippen molar-refractivity contribution in [1.29, 1.82) is 5.26 Å². The van der Waals surface area contributed by atoms with Crippen molar-refractivity contribution in [3.05, 3.63) is 120 Å². The van der Waals surface area contributed by atoms with Gasteiger partial charge in [-0.25, -0.2) is 0 Å². The van der Waals surface area contributed by atoms with Crippen LogP contribution in [0.1, 0.15) is 27.0 Å². The quantitative estimate of drug-likeness (QED) is 0.425. The zero-order chi connectivity index (χ0) is 21.6. The molecule has 0 aliphatic heterocycles. The standard InChI is InChI=1S/C27H21N3O/c1-20-8-5-6-12-25(20)26-16-24(14-13-23(26)17-28)30(19-21-9-7-15-29-18-21)27(31)22-10-3-2-4-11-22/h2-16,18H,19H2,1H3. The highest BCUT2D eigenvalue weighted by molar-refractivity contribution is 6.06. The molecule has 150 valence electrons. The molecule has 1 amide bonds. The number of aryl methyl sites for hydroxylation is 1. The summed E-state index contributed by atoms with van der Waals surface area (Å²) in [5.41, 5.74) is 5.71.